The van der Waals surface area contributed by atoms with E-state index in [0.717, 1.165) is 64.7 Å². The third-order valence-corrected chi connectivity index (χ3v) is 16.3. The fourth-order valence-electron chi connectivity index (χ4n) is 13.4. The van der Waals surface area contributed by atoms with Crippen molar-refractivity contribution in [2.24, 2.45) is 50.2 Å². The number of hydrogen-bond donors (Lipinski definition) is 0. The summed E-state index contributed by atoms with van der Waals surface area (Å²) in [6, 6.07) is 0. The molecule has 0 N–H and O–H groups in total. The molecule has 0 bridgehead atoms. The fourth-order valence-corrected chi connectivity index (χ4v) is 13.4. The molecule has 12 nitrogen and oxygen atoms in total. The Balaban J connectivity index is 1.31. The molecule has 1 heterocycles. The van der Waals surface area contributed by atoms with Crippen molar-refractivity contribution in [3.05, 3.63) is 11.6 Å². The second-order valence-corrected chi connectivity index (χ2v) is 20.0. The number of rotatable bonds is 7. The van der Waals surface area contributed by atoms with E-state index in [1.165, 1.54) is 26.5 Å². The quantitative estimate of drug-likeness (QED) is 0.113. The summed E-state index contributed by atoms with van der Waals surface area (Å²) in [5.41, 5.74) is 0.701. The van der Waals surface area contributed by atoms with Crippen LogP contribution in [-0.2, 0) is 57.1 Å². The van der Waals surface area contributed by atoms with E-state index in [0.29, 0.717) is 12.3 Å². The molecule has 12 heteroatoms. The Kier molecular flexibility index (Phi) is 11.2. The monoisotopic (exact) mass is 786 g/mol. The smallest absolute Gasteiger partial charge is 0.339 e. The van der Waals surface area contributed by atoms with Gasteiger partial charge in [0.15, 0.2) is 30.7 Å². The Bertz CT molecular complexity index is 1630. The molecule has 0 amide bonds. The van der Waals surface area contributed by atoms with Crippen molar-refractivity contribution < 1.29 is 57.1 Å². The molecule has 13 atom stereocenters. The number of ether oxygens (including phenoxy) is 7. The minimum absolute atomic E-state index is 0.0135. The first-order valence-corrected chi connectivity index (χ1v) is 20.7. The van der Waals surface area contributed by atoms with E-state index >= 15 is 0 Å². The average molecular weight is 787 g/mol. The van der Waals surface area contributed by atoms with Gasteiger partial charge in [0.2, 0.25) is 0 Å². The first kappa shape index (κ1) is 42.6. The van der Waals surface area contributed by atoms with E-state index in [-0.39, 0.29) is 45.6 Å². The van der Waals surface area contributed by atoms with E-state index in [9.17, 15) is 24.0 Å². The van der Waals surface area contributed by atoms with Crippen molar-refractivity contribution in [2.75, 3.05) is 14.2 Å². The molecule has 6 aliphatic rings. The molecule has 4 saturated carbocycles. The highest BCUT2D eigenvalue weighted by molar-refractivity contribution is 5.79. The van der Waals surface area contributed by atoms with Gasteiger partial charge in [-0.05, 0) is 109 Å². The van der Waals surface area contributed by atoms with Crippen LogP contribution in [0.4, 0.5) is 0 Å². The first-order chi connectivity index (χ1) is 26.0. The second kappa shape index (κ2) is 14.7. The van der Waals surface area contributed by atoms with E-state index in [1.807, 2.05) is 0 Å². The molecule has 13 unspecified atom stereocenters. The first-order valence-electron chi connectivity index (χ1n) is 20.7. The number of methoxy groups -OCH3 is 2. The molecule has 314 valence electrons. The van der Waals surface area contributed by atoms with Gasteiger partial charge in [0.25, 0.3) is 0 Å². The van der Waals surface area contributed by atoms with E-state index < -0.39 is 65.4 Å². The summed E-state index contributed by atoms with van der Waals surface area (Å²) in [5.74, 6) is -2.24. The summed E-state index contributed by atoms with van der Waals surface area (Å²) in [6.45, 7) is 20.2. The Morgan fingerprint density at radius 3 is 1.91 bits per heavy atom. The summed E-state index contributed by atoms with van der Waals surface area (Å²) in [4.78, 5) is 63.9. The Morgan fingerprint density at radius 1 is 0.696 bits per heavy atom. The molecule has 0 aromatic rings. The molecule has 6 rings (SSSR count). The van der Waals surface area contributed by atoms with Gasteiger partial charge < -0.3 is 33.2 Å². The maximum absolute atomic E-state index is 13.7. The Morgan fingerprint density at radius 2 is 1.30 bits per heavy atom. The van der Waals surface area contributed by atoms with Crippen molar-refractivity contribution in [1.29, 1.82) is 0 Å². The number of carbonyl (C=O) groups is 5. The highest BCUT2D eigenvalue weighted by Crippen LogP contribution is 2.76. The van der Waals surface area contributed by atoms with Crippen molar-refractivity contribution >= 4 is 29.8 Å². The highest BCUT2D eigenvalue weighted by atomic mass is 16.7. The molecular weight excluding hydrogens is 720 g/mol. The number of carbonyl (C=O) groups excluding carboxylic acids is 5. The van der Waals surface area contributed by atoms with Crippen LogP contribution in [0, 0.1) is 50.2 Å². The topological polar surface area (TPSA) is 150 Å². The van der Waals surface area contributed by atoms with Gasteiger partial charge in [-0.25, -0.2) is 4.79 Å². The van der Waals surface area contributed by atoms with Crippen molar-refractivity contribution in [2.45, 2.75) is 170 Å². The molecule has 0 radical (unpaired) electrons. The molecule has 0 aromatic carbocycles. The summed E-state index contributed by atoms with van der Waals surface area (Å²) in [5, 5.41) is 0. The Labute approximate surface area is 332 Å². The predicted octanol–water partition coefficient (Wildman–Crippen LogP) is 7.04. The summed E-state index contributed by atoms with van der Waals surface area (Å²) in [6.07, 6.45) is 4.32. The number of fused-ring (bicyclic) bond motifs is 7. The van der Waals surface area contributed by atoms with Crippen LogP contribution in [0.1, 0.15) is 133 Å². The normalized spacial score (nSPS) is 43.5. The summed E-state index contributed by atoms with van der Waals surface area (Å²) in [7, 11) is 2.72. The van der Waals surface area contributed by atoms with Crippen LogP contribution in [0.25, 0.3) is 0 Å². The zero-order chi connectivity index (χ0) is 41.4. The van der Waals surface area contributed by atoms with Crippen LogP contribution in [0.2, 0.25) is 0 Å². The number of allylic oxidation sites excluding steroid dienone is 2. The van der Waals surface area contributed by atoms with Gasteiger partial charge in [-0.15, -0.1) is 0 Å². The number of esters is 5. The minimum atomic E-state index is -1.51. The fraction of sp³-hybridized carbons (Fsp3) is 0.841. The van der Waals surface area contributed by atoms with Crippen LogP contribution < -0.4 is 0 Å². The van der Waals surface area contributed by atoms with Gasteiger partial charge in [0, 0.05) is 20.8 Å². The van der Waals surface area contributed by atoms with Crippen LogP contribution in [0.3, 0.4) is 0 Å². The highest BCUT2D eigenvalue weighted by Gasteiger charge is 2.70. The minimum Gasteiger partial charge on any atom is -0.469 e. The molecule has 5 fully saturated rings. The SMILES string of the molecule is COC(=O)C1OC(OC2CCC3(C)C(CCC4(C)C3CC=C3C5CC(C)(C)CCC5(C(=O)OC)CCC34C)C2(C)C)C(OC(C)=O)C(OC(C)=O)C1OC(C)=O. The van der Waals surface area contributed by atoms with Crippen LogP contribution in [-0.4, -0.2) is 80.9 Å². The standard InChI is InChI=1S/C44H66O12/c1-24(45)52-32-33(53-25(2)46)35(54-26(3)47)37(56-34(32)36(48)50-11)55-31-16-17-41(8)29(40(31,6)7)15-18-43(10)30(41)14-13-27-28-23-39(4,5)19-21-44(28,38(49)51-12)22-20-42(27,43)9/h13,28-35,37H,14-23H2,1-12H3. The lowest BCUT2D eigenvalue weighted by molar-refractivity contribution is -0.327. The molecular formula is C44H66O12. The largest absolute Gasteiger partial charge is 0.469 e. The van der Waals surface area contributed by atoms with Gasteiger partial charge in [0.1, 0.15) is 0 Å². The van der Waals surface area contributed by atoms with Gasteiger partial charge >= 0.3 is 29.8 Å². The third kappa shape index (κ3) is 6.70. The summed E-state index contributed by atoms with van der Waals surface area (Å²) >= 11 is 0. The van der Waals surface area contributed by atoms with Crippen molar-refractivity contribution in [1.82, 2.24) is 0 Å². The zero-order valence-electron chi connectivity index (χ0n) is 35.7. The van der Waals surface area contributed by atoms with Gasteiger partial charge in [-0.2, -0.15) is 0 Å². The average Bonchev–Trinajstić information content (AvgIpc) is 3.10. The maximum Gasteiger partial charge on any atom is 0.339 e. The molecule has 0 aromatic heterocycles. The predicted molar refractivity (Wildman–Crippen MR) is 203 cm³/mol. The maximum atomic E-state index is 13.7. The van der Waals surface area contributed by atoms with Crippen LogP contribution in [0.5, 0.6) is 0 Å². The van der Waals surface area contributed by atoms with E-state index in [2.05, 4.69) is 54.5 Å². The number of hydrogen-bond acceptors (Lipinski definition) is 12. The lowest BCUT2D eigenvalue weighted by Crippen LogP contribution is -2.67. The van der Waals surface area contributed by atoms with Crippen molar-refractivity contribution in [3.63, 3.8) is 0 Å². The van der Waals surface area contributed by atoms with Crippen LogP contribution >= 0.6 is 0 Å². The summed E-state index contributed by atoms with van der Waals surface area (Å²) < 4.78 is 40.4. The molecule has 1 aliphatic heterocycles. The zero-order valence-corrected chi connectivity index (χ0v) is 35.7. The van der Waals surface area contributed by atoms with E-state index in [4.69, 9.17) is 33.2 Å². The molecule has 1 saturated heterocycles. The molecule has 0 spiro atoms. The van der Waals surface area contributed by atoms with Gasteiger partial charge in [-0.3, -0.25) is 19.2 Å². The lowest BCUT2D eigenvalue weighted by Gasteiger charge is -2.71. The molecule has 56 heavy (non-hydrogen) atoms. The van der Waals surface area contributed by atoms with E-state index in [1.54, 1.807) is 7.11 Å². The molecule has 5 aliphatic carbocycles. The van der Waals surface area contributed by atoms with Crippen molar-refractivity contribution in [3.8, 4) is 0 Å². The third-order valence-electron chi connectivity index (χ3n) is 16.3. The Hall–Kier alpha value is -2.99. The van der Waals surface area contributed by atoms with Gasteiger partial charge in [0.05, 0.1) is 25.7 Å². The van der Waals surface area contributed by atoms with Gasteiger partial charge in [-0.1, -0.05) is 60.1 Å². The second-order valence-electron chi connectivity index (χ2n) is 20.0. The van der Waals surface area contributed by atoms with Crippen LogP contribution in [0.15, 0.2) is 11.6 Å². The lowest BCUT2D eigenvalue weighted by atomic mass is 9.33.